The van der Waals surface area contributed by atoms with Crippen molar-refractivity contribution in [2.75, 3.05) is 14.2 Å². The first-order valence-corrected chi connectivity index (χ1v) is 26.0. The molecule has 4 heterocycles. The Morgan fingerprint density at radius 3 is 1.53 bits per heavy atom. The third kappa shape index (κ3) is 7.86. The van der Waals surface area contributed by atoms with Gasteiger partial charge in [-0.2, -0.15) is 0 Å². The summed E-state index contributed by atoms with van der Waals surface area (Å²) in [6, 6.07) is 19.3. The Hall–Kier alpha value is -4.65. The maximum absolute atomic E-state index is 17.5. The van der Waals surface area contributed by atoms with Crippen LogP contribution >= 0.6 is 34.5 Å². The first-order valence-electron chi connectivity index (χ1n) is 24.4. The predicted octanol–water partition coefficient (Wildman–Crippen LogP) is 12.3. The number of benzene rings is 2. The van der Waals surface area contributed by atoms with E-state index >= 15 is 9.59 Å². The molecule has 4 saturated carbocycles. The van der Waals surface area contributed by atoms with Gasteiger partial charge in [0.25, 0.3) is 0 Å². The van der Waals surface area contributed by atoms with E-state index in [0.717, 1.165) is 132 Å². The van der Waals surface area contributed by atoms with Crippen molar-refractivity contribution in [2.24, 2.45) is 11.8 Å². The molecule has 0 radical (unpaired) electrons. The number of hydrogen-bond donors (Lipinski definition) is 2. The summed E-state index contributed by atoms with van der Waals surface area (Å²) in [7, 11) is 3.34. The summed E-state index contributed by atoms with van der Waals surface area (Å²) in [5.41, 5.74) is 0.184. The maximum Gasteiger partial charge on any atom is 0.249 e. The lowest BCUT2D eigenvalue weighted by Crippen LogP contribution is -2.76. The van der Waals surface area contributed by atoms with E-state index in [-0.39, 0.29) is 35.7 Å². The molecule has 4 aliphatic carbocycles. The molecule has 0 saturated heterocycles. The minimum Gasteiger partial charge on any atom is -0.497 e. The van der Waals surface area contributed by atoms with Gasteiger partial charge in [0.2, 0.25) is 11.8 Å². The molecule has 2 amide bonds. The molecule has 4 aromatic heterocycles. The molecule has 0 aliphatic heterocycles. The van der Waals surface area contributed by atoms with Crippen LogP contribution in [0.2, 0.25) is 9.49 Å². The molecule has 0 spiro atoms. The van der Waals surface area contributed by atoms with E-state index < -0.39 is 11.1 Å². The van der Waals surface area contributed by atoms with Crippen LogP contribution in [0.5, 0.6) is 11.5 Å². The molecule has 0 bridgehead atoms. The molecule has 2 unspecified atom stereocenters. The van der Waals surface area contributed by atoms with Gasteiger partial charge in [0, 0.05) is 36.0 Å². The van der Waals surface area contributed by atoms with E-state index in [1.807, 2.05) is 54.6 Å². The van der Waals surface area contributed by atoms with Crippen LogP contribution in [-0.2, 0) is 20.7 Å². The Balaban J connectivity index is 1.45. The average molecular weight is 951 g/mol. The zero-order valence-corrected chi connectivity index (χ0v) is 40.5. The topological polar surface area (TPSA) is 125 Å². The summed E-state index contributed by atoms with van der Waals surface area (Å²) >= 11 is 14.9. The third-order valence-electron chi connectivity index (χ3n) is 15.5. The second-order valence-corrected chi connectivity index (χ2v) is 21.3. The number of carbonyl (C=O) groups is 2. The smallest absolute Gasteiger partial charge is 0.249 e. The van der Waals surface area contributed by atoms with Crippen molar-refractivity contribution in [3.8, 4) is 33.6 Å². The van der Waals surface area contributed by atoms with E-state index in [1.54, 1.807) is 26.5 Å². The molecular formula is C52H61Cl2N7O4S. The van der Waals surface area contributed by atoms with Crippen LogP contribution in [0, 0.1) is 11.8 Å². The number of thiophene rings is 1. The van der Waals surface area contributed by atoms with E-state index in [2.05, 4.69) is 24.8 Å². The quantitative estimate of drug-likeness (QED) is 0.110. The number of imidazole rings is 2. The number of aromatic nitrogens is 5. The van der Waals surface area contributed by atoms with Crippen molar-refractivity contribution in [2.45, 2.75) is 145 Å². The fourth-order valence-corrected chi connectivity index (χ4v) is 13.7. The van der Waals surface area contributed by atoms with Crippen molar-refractivity contribution in [1.29, 1.82) is 0 Å². The highest BCUT2D eigenvalue weighted by atomic mass is 35.5. The molecule has 6 aromatic rings. The minimum atomic E-state index is -1.67. The number of nitrogens with one attached hydrogen (secondary N) is 2. The highest BCUT2D eigenvalue weighted by molar-refractivity contribution is 7.19. The Bertz CT molecular complexity index is 2690. The molecular weight excluding hydrogens is 890 g/mol. The lowest BCUT2D eigenvalue weighted by Gasteiger charge is -2.58. The van der Waals surface area contributed by atoms with Gasteiger partial charge in [0.1, 0.15) is 22.5 Å². The Kier molecular flexibility index (Phi) is 13.1. The van der Waals surface area contributed by atoms with Gasteiger partial charge in [0.15, 0.2) is 16.9 Å². The van der Waals surface area contributed by atoms with Crippen LogP contribution in [0.1, 0.15) is 122 Å². The van der Waals surface area contributed by atoms with Crippen molar-refractivity contribution in [3.05, 3.63) is 76.3 Å². The van der Waals surface area contributed by atoms with Gasteiger partial charge in [-0.3, -0.25) is 9.59 Å². The molecule has 2 atom stereocenters. The summed E-state index contributed by atoms with van der Waals surface area (Å²) in [6.07, 6.45) is 19.1. The van der Waals surface area contributed by atoms with Gasteiger partial charge in [0.05, 0.1) is 45.5 Å². The number of ether oxygens (including phenoxy) is 2. The monoisotopic (exact) mass is 949 g/mol. The number of pyridine rings is 1. The highest BCUT2D eigenvalue weighted by Crippen LogP contribution is 2.59. The number of carbonyl (C=O) groups excluding carboxylic acids is 2. The number of halogens is 2. The largest absolute Gasteiger partial charge is 0.497 e. The van der Waals surface area contributed by atoms with Crippen LogP contribution in [-0.4, -0.2) is 62.2 Å². The molecule has 2 aromatic carbocycles. The molecule has 14 heteroatoms. The Morgan fingerprint density at radius 1 is 0.606 bits per heavy atom. The third-order valence-corrected chi connectivity index (χ3v) is 17.0. The Labute approximate surface area is 401 Å². The number of hydrogen-bond acceptors (Lipinski definition) is 8. The van der Waals surface area contributed by atoms with Gasteiger partial charge in [-0.1, -0.05) is 93.8 Å². The second-order valence-electron chi connectivity index (χ2n) is 19.2. The first kappa shape index (κ1) is 45.1. The summed E-state index contributed by atoms with van der Waals surface area (Å²) in [6.45, 7) is 0. The van der Waals surface area contributed by atoms with Crippen LogP contribution in [0.15, 0.2) is 66.9 Å². The summed E-state index contributed by atoms with van der Waals surface area (Å²) < 4.78 is 17.1. The van der Waals surface area contributed by atoms with Gasteiger partial charge >= 0.3 is 0 Å². The molecule has 348 valence electrons. The van der Waals surface area contributed by atoms with Crippen molar-refractivity contribution < 1.29 is 19.1 Å². The lowest BCUT2D eigenvalue weighted by molar-refractivity contribution is -0.163. The minimum absolute atomic E-state index is 0.0607. The zero-order valence-electron chi connectivity index (χ0n) is 38.1. The SMILES string of the molecule is COc1ccc2nc(-c3ccc(Cl)nc3)n(C(C(=O)NC3CCCCC3)(C3CCCCC3)C(C(=O)NC3CCCC3)(C3CCCCC3)n3c(-c4ccc(Cl)s4)nc4ccc(OC)cc43)c2c1. The maximum atomic E-state index is 17.5. The van der Waals surface area contributed by atoms with Crippen LogP contribution in [0.4, 0.5) is 0 Å². The van der Waals surface area contributed by atoms with Crippen LogP contribution < -0.4 is 20.1 Å². The normalized spacial score (nSPS) is 20.0. The zero-order chi connectivity index (χ0) is 45.4. The lowest BCUT2D eigenvalue weighted by atomic mass is 9.55. The summed E-state index contributed by atoms with van der Waals surface area (Å²) in [5.74, 6) is 1.43. The molecule has 10 rings (SSSR count). The molecule has 4 aliphatic rings. The fourth-order valence-electron chi connectivity index (χ4n) is 12.6. The van der Waals surface area contributed by atoms with Gasteiger partial charge in [-0.05, 0) is 112 Å². The fraction of sp³-hybridized carbons (Fsp3) is 0.519. The van der Waals surface area contributed by atoms with E-state index in [0.29, 0.717) is 54.8 Å². The first-order chi connectivity index (χ1) is 32.3. The van der Waals surface area contributed by atoms with Crippen molar-refractivity contribution in [3.63, 3.8) is 0 Å². The predicted molar refractivity (Wildman–Crippen MR) is 264 cm³/mol. The number of rotatable bonds is 13. The van der Waals surface area contributed by atoms with E-state index in [9.17, 15) is 0 Å². The van der Waals surface area contributed by atoms with Gasteiger partial charge < -0.3 is 29.2 Å². The molecule has 4 fully saturated rings. The van der Waals surface area contributed by atoms with Crippen molar-refractivity contribution >= 4 is 68.4 Å². The van der Waals surface area contributed by atoms with Gasteiger partial charge in [-0.15, -0.1) is 11.3 Å². The molecule has 66 heavy (non-hydrogen) atoms. The molecule has 2 N–H and O–H groups in total. The van der Waals surface area contributed by atoms with E-state index in [4.69, 9.17) is 42.6 Å². The van der Waals surface area contributed by atoms with Gasteiger partial charge in [-0.25, -0.2) is 15.0 Å². The summed E-state index contributed by atoms with van der Waals surface area (Å²) in [4.78, 5) is 51.4. The standard InChI is InChI=1S/C52H61Cl2N7O4S/c1-64-38-23-25-40-42(30-38)60(47(58-40)33-22-28-45(53)55-32-33)51(34-14-6-3-7-15-34,49(62)56-36-18-10-5-11-19-36)52(35-16-8-4-9-17-35,50(63)57-37-20-12-13-21-37)61-43-31-39(65-2)24-26-41(43)59-48(61)44-27-29-46(54)66-44/h22-32,34-37H,3-21H2,1-2H3,(H,56,62)(H,57,63). The second kappa shape index (κ2) is 19.2. The van der Waals surface area contributed by atoms with Crippen LogP contribution in [0.3, 0.4) is 0 Å². The van der Waals surface area contributed by atoms with Crippen LogP contribution in [0.25, 0.3) is 44.2 Å². The van der Waals surface area contributed by atoms with E-state index in [1.165, 1.54) is 11.3 Å². The van der Waals surface area contributed by atoms with Crippen molar-refractivity contribution in [1.82, 2.24) is 34.7 Å². The number of amides is 2. The number of methoxy groups -OCH3 is 2. The Morgan fingerprint density at radius 2 is 1.08 bits per heavy atom. The molecule has 11 nitrogen and oxygen atoms in total. The number of fused-ring (bicyclic) bond motifs is 2. The highest BCUT2D eigenvalue weighted by Gasteiger charge is 2.71. The average Bonchev–Trinajstić information content (AvgIpc) is 4.18. The summed E-state index contributed by atoms with van der Waals surface area (Å²) in [5, 5.41) is 7.93. The number of nitrogens with zero attached hydrogens (tertiary/aromatic N) is 5.